The molecule has 1 amide bonds. The minimum Gasteiger partial charge on any atom is -0.367 e. The zero-order chi connectivity index (χ0) is 23.1. The number of benzene rings is 2. The Labute approximate surface area is 195 Å². The Hall–Kier alpha value is -3.32. The summed E-state index contributed by atoms with van der Waals surface area (Å²) in [5.41, 5.74) is 0.818. The second-order valence-corrected chi connectivity index (χ2v) is 8.95. The quantitative estimate of drug-likeness (QED) is 0.412. The van der Waals surface area contributed by atoms with Crippen LogP contribution in [0.2, 0.25) is 10.0 Å². The van der Waals surface area contributed by atoms with Crippen LogP contribution >= 0.6 is 23.2 Å². The van der Waals surface area contributed by atoms with E-state index in [0.29, 0.717) is 28.6 Å². The molecule has 3 aromatic rings. The van der Waals surface area contributed by atoms with E-state index in [1.807, 2.05) is 6.07 Å². The summed E-state index contributed by atoms with van der Waals surface area (Å²) < 4.78 is 27.9. The van der Waals surface area contributed by atoms with Crippen LogP contribution in [0.4, 0.5) is 11.5 Å². The number of pyridine rings is 1. The van der Waals surface area contributed by atoms with E-state index in [0.717, 1.165) is 0 Å². The standard InChI is InChI=1S/C21H17Cl2N5O3S/c22-16-4-6-17(7-5-16)28-32(30,31)19-12-14(3-8-18(19)23)21(29)27-11-10-26-20-15(13-24)2-1-9-25-20/h1-9,12,28H,10-11H2,(H,25,26)(H,27,29). The first-order valence-corrected chi connectivity index (χ1v) is 11.5. The van der Waals surface area contributed by atoms with E-state index >= 15 is 0 Å². The van der Waals surface area contributed by atoms with Gasteiger partial charge in [0.2, 0.25) is 0 Å². The molecule has 0 aliphatic heterocycles. The number of hydrogen-bond acceptors (Lipinski definition) is 6. The summed E-state index contributed by atoms with van der Waals surface area (Å²) in [4.78, 5) is 16.3. The molecule has 0 bridgehead atoms. The first-order valence-electron chi connectivity index (χ1n) is 9.25. The highest BCUT2D eigenvalue weighted by molar-refractivity contribution is 7.92. The largest absolute Gasteiger partial charge is 0.367 e. The molecular weight excluding hydrogens is 473 g/mol. The molecule has 0 atom stereocenters. The number of aromatic nitrogens is 1. The van der Waals surface area contributed by atoms with Gasteiger partial charge < -0.3 is 10.6 Å². The van der Waals surface area contributed by atoms with E-state index in [9.17, 15) is 13.2 Å². The highest BCUT2D eigenvalue weighted by Crippen LogP contribution is 2.25. The van der Waals surface area contributed by atoms with Crippen LogP contribution < -0.4 is 15.4 Å². The zero-order valence-electron chi connectivity index (χ0n) is 16.5. The van der Waals surface area contributed by atoms with E-state index in [-0.39, 0.29) is 22.0 Å². The molecule has 0 radical (unpaired) electrons. The summed E-state index contributed by atoms with van der Waals surface area (Å²) in [6, 6.07) is 15.4. The van der Waals surface area contributed by atoms with Crippen molar-refractivity contribution in [3.05, 3.63) is 82.0 Å². The SMILES string of the molecule is N#Cc1cccnc1NCCNC(=O)c1ccc(Cl)c(S(=O)(=O)Nc2ccc(Cl)cc2)c1. The number of carbonyl (C=O) groups is 1. The van der Waals surface area contributed by atoms with Gasteiger partial charge in [-0.05, 0) is 54.6 Å². The van der Waals surface area contributed by atoms with Gasteiger partial charge in [-0.2, -0.15) is 5.26 Å². The molecule has 164 valence electrons. The second kappa shape index (κ2) is 10.3. The number of nitrogens with one attached hydrogen (secondary N) is 3. The molecule has 3 N–H and O–H groups in total. The summed E-state index contributed by atoms with van der Waals surface area (Å²) in [7, 11) is -4.04. The van der Waals surface area contributed by atoms with Crippen molar-refractivity contribution in [3.63, 3.8) is 0 Å². The third kappa shape index (κ3) is 5.88. The molecular formula is C21H17Cl2N5O3S. The third-order valence-corrected chi connectivity index (χ3v) is 6.33. The van der Waals surface area contributed by atoms with Crippen molar-refractivity contribution in [1.29, 1.82) is 5.26 Å². The lowest BCUT2D eigenvalue weighted by atomic mass is 10.2. The maximum atomic E-state index is 12.8. The van der Waals surface area contributed by atoms with Crippen LogP contribution in [0, 0.1) is 11.3 Å². The maximum Gasteiger partial charge on any atom is 0.263 e. The van der Waals surface area contributed by atoms with Crippen molar-refractivity contribution in [2.24, 2.45) is 0 Å². The number of sulfonamides is 1. The average molecular weight is 490 g/mol. The molecule has 1 aromatic heterocycles. The van der Waals surface area contributed by atoms with Gasteiger partial charge in [0.25, 0.3) is 15.9 Å². The number of amides is 1. The van der Waals surface area contributed by atoms with Gasteiger partial charge in [0, 0.05) is 35.6 Å². The van der Waals surface area contributed by atoms with Crippen LogP contribution in [-0.2, 0) is 10.0 Å². The molecule has 11 heteroatoms. The van der Waals surface area contributed by atoms with Crippen molar-refractivity contribution < 1.29 is 13.2 Å². The van der Waals surface area contributed by atoms with Crippen molar-refractivity contribution in [2.45, 2.75) is 4.90 Å². The van der Waals surface area contributed by atoms with Gasteiger partial charge in [-0.3, -0.25) is 9.52 Å². The number of anilines is 2. The molecule has 0 spiro atoms. The Morgan fingerprint density at radius 3 is 2.53 bits per heavy atom. The van der Waals surface area contributed by atoms with Crippen molar-refractivity contribution in [3.8, 4) is 6.07 Å². The molecule has 2 aromatic carbocycles. The fraction of sp³-hybridized carbons (Fsp3) is 0.0952. The van der Waals surface area contributed by atoms with E-state index in [1.54, 1.807) is 30.5 Å². The lowest BCUT2D eigenvalue weighted by Crippen LogP contribution is -2.29. The van der Waals surface area contributed by atoms with Gasteiger partial charge in [0.1, 0.15) is 16.8 Å². The predicted molar refractivity (Wildman–Crippen MR) is 123 cm³/mol. The summed E-state index contributed by atoms with van der Waals surface area (Å²) in [6.07, 6.45) is 1.55. The van der Waals surface area contributed by atoms with Crippen LogP contribution in [0.5, 0.6) is 0 Å². The molecule has 0 saturated carbocycles. The fourth-order valence-electron chi connectivity index (χ4n) is 2.67. The second-order valence-electron chi connectivity index (χ2n) is 6.45. The molecule has 0 aliphatic rings. The Balaban J connectivity index is 1.66. The first-order chi connectivity index (χ1) is 15.3. The third-order valence-electron chi connectivity index (χ3n) is 4.21. The van der Waals surface area contributed by atoms with Gasteiger partial charge in [-0.1, -0.05) is 23.2 Å². The Bertz CT molecular complexity index is 1280. The van der Waals surface area contributed by atoms with Crippen molar-refractivity contribution in [1.82, 2.24) is 10.3 Å². The van der Waals surface area contributed by atoms with Gasteiger partial charge in [0.05, 0.1) is 10.6 Å². The first kappa shape index (κ1) is 23.3. The molecule has 3 rings (SSSR count). The average Bonchev–Trinajstić information content (AvgIpc) is 2.78. The van der Waals surface area contributed by atoms with E-state index in [1.165, 1.54) is 30.3 Å². The number of halogens is 2. The number of rotatable bonds is 8. The molecule has 0 saturated heterocycles. The minimum atomic E-state index is -4.04. The van der Waals surface area contributed by atoms with Crippen LogP contribution in [0.3, 0.4) is 0 Å². The molecule has 0 unspecified atom stereocenters. The maximum absolute atomic E-state index is 12.8. The smallest absolute Gasteiger partial charge is 0.263 e. The van der Waals surface area contributed by atoms with Crippen LogP contribution in [0.15, 0.2) is 65.7 Å². The number of nitriles is 1. The molecule has 0 aliphatic carbocycles. The fourth-order valence-corrected chi connectivity index (χ4v) is 4.39. The van der Waals surface area contributed by atoms with Crippen LogP contribution in [0.25, 0.3) is 0 Å². The summed E-state index contributed by atoms with van der Waals surface area (Å²) in [5.74, 6) is -0.0645. The van der Waals surface area contributed by atoms with Gasteiger partial charge >= 0.3 is 0 Å². The van der Waals surface area contributed by atoms with Gasteiger partial charge in [-0.15, -0.1) is 0 Å². The number of hydrogen-bond donors (Lipinski definition) is 3. The molecule has 8 nitrogen and oxygen atoms in total. The van der Waals surface area contributed by atoms with Gasteiger partial charge in [0.15, 0.2) is 0 Å². The van der Waals surface area contributed by atoms with Crippen LogP contribution in [-0.4, -0.2) is 32.4 Å². The number of nitrogens with zero attached hydrogens (tertiary/aromatic N) is 2. The summed E-state index contributed by atoms with van der Waals surface area (Å²) in [6.45, 7) is 0.530. The zero-order valence-corrected chi connectivity index (χ0v) is 18.8. The summed E-state index contributed by atoms with van der Waals surface area (Å²) >= 11 is 11.9. The van der Waals surface area contributed by atoms with Crippen molar-refractivity contribution >= 4 is 50.6 Å². The van der Waals surface area contributed by atoms with Crippen molar-refractivity contribution in [2.75, 3.05) is 23.1 Å². The lowest BCUT2D eigenvalue weighted by Gasteiger charge is -2.12. The molecule has 0 fully saturated rings. The monoisotopic (exact) mass is 489 g/mol. The Morgan fingerprint density at radius 2 is 1.81 bits per heavy atom. The number of carbonyl (C=O) groups excluding carboxylic acids is 1. The highest BCUT2D eigenvalue weighted by Gasteiger charge is 2.20. The predicted octanol–water partition coefficient (Wildman–Crippen LogP) is 3.90. The normalized spacial score (nSPS) is 10.8. The van der Waals surface area contributed by atoms with E-state index in [2.05, 4.69) is 20.3 Å². The highest BCUT2D eigenvalue weighted by atomic mass is 35.5. The van der Waals surface area contributed by atoms with E-state index in [4.69, 9.17) is 28.5 Å². The van der Waals surface area contributed by atoms with E-state index < -0.39 is 15.9 Å². The Morgan fingerprint density at radius 1 is 1.06 bits per heavy atom. The Kier molecular flexibility index (Phi) is 7.53. The lowest BCUT2D eigenvalue weighted by molar-refractivity contribution is 0.0955. The molecule has 1 heterocycles. The van der Waals surface area contributed by atoms with Gasteiger partial charge in [-0.25, -0.2) is 13.4 Å². The van der Waals surface area contributed by atoms with Crippen LogP contribution in [0.1, 0.15) is 15.9 Å². The summed E-state index contributed by atoms with van der Waals surface area (Å²) in [5, 5.41) is 15.1. The molecule has 32 heavy (non-hydrogen) atoms. The topological polar surface area (TPSA) is 124 Å². The minimum absolute atomic E-state index is 0.0242.